The quantitative estimate of drug-likeness (QED) is 0.167. The van der Waals surface area contributed by atoms with Crippen LogP contribution in [0.1, 0.15) is 5.56 Å². The first-order chi connectivity index (χ1) is 27.7. The molecule has 2 heterocycles. The number of fused-ring (bicyclic) bond motifs is 7. The molecular formula is C53H34N2O. The minimum absolute atomic E-state index is 0.605. The molecule has 9 aromatic carbocycles. The van der Waals surface area contributed by atoms with Crippen LogP contribution in [0.4, 0.5) is 0 Å². The molecule has 0 aliphatic rings. The lowest BCUT2D eigenvalue weighted by molar-refractivity contribution is 0.620. The summed E-state index contributed by atoms with van der Waals surface area (Å²) < 4.78 is 6.83. The Kier molecular flexibility index (Phi) is 7.39. The van der Waals surface area contributed by atoms with E-state index in [0.29, 0.717) is 5.89 Å². The van der Waals surface area contributed by atoms with E-state index in [-0.39, 0.29) is 0 Å². The Labute approximate surface area is 324 Å². The van der Waals surface area contributed by atoms with Crippen molar-refractivity contribution in [1.82, 2.24) is 9.97 Å². The maximum atomic E-state index is 6.83. The van der Waals surface area contributed by atoms with Crippen molar-refractivity contribution in [3.05, 3.63) is 194 Å². The third-order valence-corrected chi connectivity index (χ3v) is 11.3. The van der Waals surface area contributed by atoms with Crippen LogP contribution >= 0.6 is 0 Å². The number of nitrogens with zero attached hydrogens (tertiary/aromatic N) is 2. The standard InChI is InChI=1S/C53H34N2O/c1-33-27-38(24-25-41(33)35-22-20-34(21-23-35)39-13-10-26-54-32-39)53-55-52-50(49-29-37-12-3-5-15-43(37)45-17-7-9-19-47(45)49)30-40(31-51(52)56-53)48-28-36-11-2-4-14-42(36)44-16-6-8-18-46(44)48/h2-32H,1H3. The van der Waals surface area contributed by atoms with Crippen LogP contribution < -0.4 is 0 Å². The van der Waals surface area contributed by atoms with Gasteiger partial charge in [-0.2, -0.15) is 0 Å². The molecule has 3 nitrogen and oxygen atoms in total. The second-order valence-electron chi connectivity index (χ2n) is 14.6. The van der Waals surface area contributed by atoms with Gasteiger partial charge in [-0.05, 0) is 137 Å². The summed E-state index contributed by atoms with van der Waals surface area (Å²) in [5, 5.41) is 9.74. The zero-order chi connectivity index (χ0) is 37.2. The summed E-state index contributed by atoms with van der Waals surface area (Å²) in [7, 11) is 0. The number of hydrogen-bond donors (Lipinski definition) is 0. The number of aryl methyl sites for hydroxylation is 1. The molecule has 0 amide bonds. The average Bonchev–Trinajstić information content (AvgIpc) is 3.70. The molecule has 0 saturated carbocycles. The lowest BCUT2D eigenvalue weighted by Crippen LogP contribution is -1.90. The summed E-state index contributed by atoms with van der Waals surface area (Å²) >= 11 is 0. The second kappa shape index (κ2) is 12.9. The van der Waals surface area contributed by atoms with Gasteiger partial charge in [0.05, 0.1) is 0 Å². The number of benzene rings is 9. The van der Waals surface area contributed by atoms with Crippen molar-refractivity contribution < 1.29 is 4.42 Å². The highest BCUT2D eigenvalue weighted by Gasteiger charge is 2.20. The minimum atomic E-state index is 0.605. The summed E-state index contributed by atoms with van der Waals surface area (Å²) in [6.45, 7) is 2.16. The first-order valence-corrected chi connectivity index (χ1v) is 19.0. The number of rotatable bonds is 5. The third-order valence-electron chi connectivity index (χ3n) is 11.3. The predicted molar refractivity (Wildman–Crippen MR) is 234 cm³/mol. The predicted octanol–water partition coefficient (Wildman–Crippen LogP) is 14.5. The number of pyridine rings is 1. The fraction of sp³-hybridized carbons (Fsp3) is 0.0189. The monoisotopic (exact) mass is 714 g/mol. The van der Waals surface area contributed by atoms with E-state index in [9.17, 15) is 0 Å². The van der Waals surface area contributed by atoms with E-state index in [1.54, 1.807) is 6.20 Å². The SMILES string of the molecule is Cc1cc(-c2nc3c(-c4cc5ccccc5c5ccccc45)cc(-c4cc5ccccc5c5ccccc45)cc3o2)ccc1-c1ccc(-c2cccnc2)cc1. The average molecular weight is 715 g/mol. The lowest BCUT2D eigenvalue weighted by Gasteiger charge is -2.14. The van der Waals surface area contributed by atoms with Crippen molar-refractivity contribution in [2.75, 3.05) is 0 Å². The Bertz CT molecular complexity index is 3310. The summed E-state index contributed by atoms with van der Waals surface area (Å²) in [6.07, 6.45) is 3.70. The molecule has 0 spiro atoms. The molecule has 3 heteroatoms. The van der Waals surface area contributed by atoms with Gasteiger partial charge in [-0.15, -0.1) is 0 Å². The third kappa shape index (κ3) is 5.28. The minimum Gasteiger partial charge on any atom is -0.436 e. The maximum absolute atomic E-state index is 6.83. The van der Waals surface area contributed by atoms with Gasteiger partial charge in [0.25, 0.3) is 0 Å². The summed E-state index contributed by atoms with van der Waals surface area (Å²) in [6, 6.07) is 63.1. The van der Waals surface area contributed by atoms with Crippen LogP contribution in [-0.4, -0.2) is 9.97 Å². The van der Waals surface area contributed by atoms with Crippen molar-refractivity contribution in [2.24, 2.45) is 0 Å². The van der Waals surface area contributed by atoms with Gasteiger partial charge in [0.1, 0.15) is 5.52 Å². The molecule has 0 fully saturated rings. The molecule has 0 N–H and O–H groups in total. The van der Waals surface area contributed by atoms with E-state index in [2.05, 4.69) is 182 Å². The number of aromatic nitrogens is 2. The number of oxazole rings is 1. The molecular weight excluding hydrogens is 681 g/mol. The summed E-state index contributed by atoms with van der Waals surface area (Å²) in [5.74, 6) is 0.605. The van der Waals surface area contributed by atoms with Crippen LogP contribution in [0.2, 0.25) is 0 Å². The van der Waals surface area contributed by atoms with Gasteiger partial charge in [-0.3, -0.25) is 4.98 Å². The molecule has 0 aliphatic carbocycles. The van der Waals surface area contributed by atoms with E-state index in [4.69, 9.17) is 9.40 Å². The van der Waals surface area contributed by atoms with Gasteiger partial charge in [-0.1, -0.05) is 133 Å². The molecule has 11 rings (SSSR count). The smallest absolute Gasteiger partial charge is 0.227 e. The molecule has 11 aromatic rings. The van der Waals surface area contributed by atoms with Crippen LogP contribution in [-0.2, 0) is 0 Å². The van der Waals surface area contributed by atoms with Crippen LogP contribution in [0.5, 0.6) is 0 Å². The fourth-order valence-corrected chi connectivity index (χ4v) is 8.58. The largest absolute Gasteiger partial charge is 0.436 e. The van der Waals surface area contributed by atoms with E-state index in [0.717, 1.165) is 55.6 Å². The van der Waals surface area contributed by atoms with Crippen molar-refractivity contribution in [2.45, 2.75) is 6.92 Å². The van der Waals surface area contributed by atoms with E-state index >= 15 is 0 Å². The van der Waals surface area contributed by atoms with Crippen LogP contribution in [0.15, 0.2) is 193 Å². The molecule has 0 aliphatic heterocycles. The van der Waals surface area contributed by atoms with Crippen molar-refractivity contribution >= 4 is 54.2 Å². The summed E-state index contributed by atoms with van der Waals surface area (Å²) in [4.78, 5) is 9.60. The molecule has 0 saturated heterocycles. The van der Waals surface area contributed by atoms with Gasteiger partial charge in [0.15, 0.2) is 5.58 Å². The molecule has 56 heavy (non-hydrogen) atoms. The maximum Gasteiger partial charge on any atom is 0.227 e. The normalized spacial score (nSPS) is 11.7. The Hall–Kier alpha value is -7.36. The zero-order valence-corrected chi connectivity index (χ0v) is 30.7. The first kappa shape index (κ1) is 32.1. The first-order valence-electron chi connectivity index (χ1n) is 19.0. The van der Waals surface area contributed by atoms with Gasteiger partial charge in [0, 0.05) is 23.5 Å². The van der Waals surface area contributed by atoms with Gasteiger partial charge in [-0.25, -0.2) is 4.98 Å². The highest BCUT2D eigenvalue weighted by Crippen LogP contribution is 2.44. The summed E-state index contributed by atoms with van der Waals surface area (Å²) in [5.41, 5.74) is 12.8. The Morgan fingerprint density at radius 3 is 1.64 bits per heavy atom. The van der Waals surface area contributed by atoms with Gasteiger partial charge < -0.3 is 4.42 Å². The van der Waals surface area contributed by atoms with Crippen molar-refractivity contribution in [3.63, 3.8) is 0 Å². The highest BCUT2D eigenvalue weighted by atomic mass is 16.3. The molecule has 0 unspecified atom stereocenters. The van der Waals surface area contributed by atoms with Gasteiger partial charge in [0.2, 0.25) is 5.89 Å². The van der Waals surface area contributed by atoms with Crippen molar-refractivity contribution in [1.29, 1.82) is 0 Å². The highest BCUT2D eigenvalue weighted by molar-refractivity contribution is 6.18. The van der Waals surface area contributed by atoms with Gasteiger partial charge >= 0.3 is 0 Å². The molecule has 0 radical (unpaired) electrons. The Morgan fingerprint density at radius 1 is 0.393 bits per heavy atom. The number of hydrogen-bond acceptors (Lipinski definition) is 3. The van der Waals surface area contributed by atoms with E-state index in [1.807, 2.05) is 12.3 Å². The van der Waals surface area contributed by atoms with Crippen LogP contribution in [0.3, 0.4) is 0 Å². The Morgan fingerprint density at radius 2 is 0.982 bits per heavy atom. The molecule has 262 valence electrons. The molecule has 0 atom stereocenters. The second-order valence-corrected chi connectivity index (χ2v) is 14.6. The van der Waals surface area contributed by atoms with Crippen LogP contribution in [0, 0.1) is 6.92 Å². The van der Waals surface area contributed by atoms with Crippen molar-refractivity contribution in [3.8, 4) is 56.0 Å². The van der Waals surface area contributed by atoms with E-state index < -0.39 is 0 Å². The van der Waals surface area contributed by atoms with Crippen LogP contribution in [0.25, 0.3) is 110 Å². The molecule has 2 aromatic heterocycles. The Balaban J connectivity index is 1.11. The lowest BCUT2D eigenvalue weighted by atomic mass is 9.89. The molecule has 0 bridgehead atoms. The zero-order valence-electron chi connectivity index (χ0n) is 30.7. The van der Waals surface area contributed by atoms with E-state index in [1.165, 1.54) is 54.2 Å². The topological polar surface area (TPSA) is 38.9 Å². The fourth-order valence-electron chi connectivity index (χ4n) is 8.58.